The van der Waals surface area contributed by atoms with Crippen LogP contribution in [0.5, 0.6) is 0 Å². The fourth-order valence-electron chi connectivity index (χ4n) is 2.78. The summed E-state index contributed by atoms with van der Waals surface area (Å²) in [6, 6.07) is 12.2. The molecule has 1 aliphatic heterocycles. The molecule has 126 valence electrons. The molecule has 0 fully saturated rings. The second-order valence-corrected chi connectivity index (χ2v) is 8.83. The monoisotopic (exact) mass is 378 g/mol. The molecule has 0 saturated carbocycles. The SMILES string of the molecule is CC(=S)/C=C1\Sc2ccc3ccccc3c2N1CCCS(=O)(=O)[O-]. The third-order valence-corrected chi connectivity index (χ3v) is 5.72. The first kappa shape index (κ1) is 17.4. The molecule has 0 saturated heterocycles. The van der Waals surface area contributed by atoms with E-state index in [1.54, 1.807) is 11.8 Å². The summed E-state index contributed by atoms with van der Waals surface area (Å²) >= 11 is 6.82. The van der Waals surface area contributed by atoms with Crippen molar-refractivity contribution in [2.45, 2.75) is 18.2 Å². The van der Waals surface area contributed by atoms with Crippen molar-refractivity contribution in [2.24, 2.45) is 0 Å². The van der Waals surface area contributed by atoms with Crippen LogP contribution in [-0.4, -0.2) is 30.1 Å². The standard InChI is InChI=1S/C17H17NO3S3/c1-12(22)11-16-18(9-4-10-24(19,20)21)17-14-6-3-2-5-13(14)7-8-15(17)23-16/h2-3,5-8,11H,4,9-10H2,1H3,(H,19,20,21)/p-1/b16-11-. The summed E-state index contributed by atoms with van der Waals surface area (Å²) in [5.41, 5.74) is 1.06. The van der Waals surface area contributed by atoms with Gasteiger partial charge >= 0.3 is 0 Å². The molecule has 0 bridgehead atoms. The number of benzene rings is 2. The number of nitrogens with zero attached hydrogens (tertiary/aromatic N) is 1. The summed E-state index contributed by atoms with van der Waals surface area (Å²) in [6.07, 6.45) is 2.20. The maximum Gasteiger partial charge on any atom is 0.0946 e. The lowest BCUT2D eigenvalue weighted by Gasteiger charge is -2.22. The Hall–Kier alpha value is -1.41. The number of hydrogen-bond donors (Lipinski definition) is 0. The van der Waals surface area contributed by atoms with Crippen molar-refractivity contribution in [3.63, 3.8) is 0 Å². The van der Waals surface area contributed by atoms with Crippen LogP contribution in [0.3, 0.4) is 0 Å². The smallest absolute Gasteiger partial charge is 0.0946 e. The van der Waals surface area contributed by atoms with Gasteiger partial charge in [-0.2, -0.15) is 0 Å². The molecule has 7 heteroatoms. The molecule has 0 amide bonds. The number of allylic oxidation sites excluding steroid dienone is 1. The van der Waals surface area contributed by atoms with E-state index in [0.717, 1.165) is 31.2 Å². The zero-order chi connectivity index (χ0) is 17.3. The Kier molecular flexibility index (Phi) is 4.96. The lowest BCUT2D eigenvalue weighted by atomic mass is 10.1. The third-order valence-electron chi connectivity index (χ3n) is 3.72. The van der Waals surface area contributed by atoms with Gasteiger partial charge in [0, 0.05) is 27.4 Å². The number of fused-ring (bicyclic) bond motifs is 3. The number of thiocarbonyl (C=S) groups is 1. The van der Waals surface area contributed by atoms with Crippen LogP contribution in [0.4, 0.5) is 5.69 Å². The largest absolute Gasteiger partial charge is 0.748 e. The summed E-state index contributed by atoms with van der Waals surface area (Å²) in [5.74, 6) is -0.363. The van der Waals surface area contributed by atoms with Crippen molar-refractivity contribution in [3.05, 3.63) is 47.5 Å². The normalized spacial score (nSPS) is 15.9. The van der Waals surface area contributed by atoms with Gasteiger partial charge in [0.2, 0.25) is 0 Å². The predicted molar refractivity (Wildman–Crippen MR) is 103 cm³/mol. The fourth-order valence-corrected chi connectivity index (χ4v) is 4.65. The second-order valence-electron chi connectivity index (χ2n) is 5.60. The van der Waals surface area contributed by atoms with E-state index in [1.807, 2.05) is 31.2 Å². The lowest BCUT2D eigenvalue weighted by Crippen LogP contribution is -2.22. The molecular weight excluding hydrogens is 362 g/mol. The van der Waals surface area contributed by atoms with Crippen molar-refractivity contribution in [2.75, 3.05) is 17.2 Å². The molecule has 2 aromatic carbocycles. The molecule has 24 heavy (non-hydrogen) atoms. The van der Waals surface area contributed by atoms with Gasteiger partial charge in [-0.1, -0.05) is 54.3 Å². The number of anilines is 1. The van der Waals surface area contributed by atoms with E-state index in [1.165, 1.54) is 0 Å². The van der Waals surface area contributed by atoms with Gasteiger partial charge in [0.05, 0.1) is 20.8 Å². The van der Waals surface area contributed by atoms with Crippen LogP contribution in [-0.2, 0) is 10.1 Å². The van der Waals surface area contributed by atoms with Crippen LogP contribution in [0, 0.1) is 0 Å². The van der Waals surface area contributed by atoms with Crippen molar-refractivity contribution in [1.82, 2.24) is 0 Å². The summed E-state index contributed by atoms with van der Waals surface area (Å²) in [5, 5.41) is 3.20. The molecule has 0 atom stereocenters. The highest BCUT2D eigenvalue weighted by atomic mass is 32.2. The predicted octanol–water partition coefficient (Wildman–Crippen LogP) is 3.92. The minimum Gasteiger partial charge on any atom is -0.748 e. The van der Waals surface area contributed by atoms with Gasteiger partial charge in [0.25, 0.3) is 0 Å². The Morgan fingerprint density at radius 3 is 2.75 bits per heavy atom. The number of thioether (sulfide) groups is 1. The molecule has 0 radical (unpaired) electrons. The molecule has 0 N–H and O–H groups in total. The molecule has 4 nitrogen and oxygen atoms in total. The van der Waals surface area contributed by atoms with Crippen molar-refractivity contribution < 1.29 is 13.0 Å². The molecule has 3 rings (SSSR count). The van der Waals surface area contributed by atoms with Gasteiger partial charge in [-0.15, -0.1) is 0 Å². The maximum atomic E-state index is 10.9. The summed E-state index contributed by atoms with van der Waals surface area (Å²) < 4.78 is 32.7. The molecule has 0 aromatic heterocycles. The van der Waals surface area contributed by atoms with Crippen molar-refractivity contribution in [3.8, 4) is 0 Å². The molecule has 1 heterocycles. The van der Waals surface area contributed by atoms with Gasteiger partial charge in [-0.25, -0.2) is 8.42 Å². The van der Waals surface area contributed by atoms with Crippen LogP contribution in [0.15, 0.2) is 52.4 Å². The van der Waals surface area contributed by atoms with E-state index in [9.17, 15) is 13.0 Å². The van der Waals surface area contributed by atoms with E-state index in [-0.39, 0.29) is 12.2 Å². The molecule has 2 aromatic rings. The van der Waals surface area contributed by atoms with Gasteiger partial charge in [0.15, 0.2) is 0 Å². The van der Waals surface area contributed by atoms with E-state index in [0.29, 0.717) is 6.54 Å². The number of hydrogen-bond acceptors (Lipinski definition) is 6. The molecule has 0 spiro atoms. The van der Waals surface area contributed by atoms with Gasteiger partial charge < -0.3 is 9.45 Å². The van der Waals surface area contributed by atoms with Crippen LogP contribution in [0.2, 0.25) is 0 Å². The van der Waals surface area contributed by atoms with E-state index in [4.69, 9.17) is 12.2 Å². The zero-order valence-electron chi connectivity index (χ0n) is 13.1. The molecule has 0 aliphatic carbocycles. The Morgan fingerprint density at radius 2 is 2.04 bits per heavy atom. The van der Waals surface area contributed by atoms with Crippen LogP contribution in [0.25, 0.3) is 10.8 Å². The van der Waals surface area contributed by atoms with Crippen molar-refractivity contribution in [1.29, 1.82) is 0 Å². The Balaban J connectivity index is 2.02. The first-order chi connectivity index (χ1) is 11.3. The highest BCUT2D eigenvalue weighted by Gasteiger charge is 2.26. The van der Waals surface area contributed by atoms with Crippen LogP contribution >= 0.6 is 24.0 Å². The quantitative estimate of drug-likeness (QED) is 0.446. The Morgan fingerprint density at radius 1 is 1.29 bits per heavy atom. The third kappa shape index (κ3) is 3.80. The van der Waals surface area contributed by atoms with Gasteiger partial charge in [-0.3, -0.25) is 0 Å². The van der Waals surface area contributed by atoms with E-state index in [2.05, 4.69) is 23.1 Å². The highest BCUT2D eigenvalue weighted by Crippen LogP contribution is 2.49. The van der Waals surface area contributed by atoms with Gasteiger partial charge in [-0.05, 0) is 30.9 Å². The maximum absolute atomic E-state index is 10.9. The average molecular weight is 379 g/mol. The van der Waals surface area contributed by atoms with Crippen molar-refractivity contribution >= 4 is 55.4 Å². The topological polar surface area (TPSA) is 60.4 Å². The fraction of sp³-hybridized carbons (Fsp3) is 0.235. The second kappa shape index (κ2) is 6.84. The first-order valence-electron chi connectivity index (χ1n) is 7.48. The van der Waals surface area contributed by atoms with Gasteiger partial charge in [0.1, 0.15) is 0 Å². The molecule has 1 aliphatic rings. The Labute approximate surface area is 151 Å². The summed E-state index contributed by atoms with van der Waals surface area (Å²) in [4.78, 5) is 3.95. The average Bonchev–Trinajstić information content (AvgIpc) is 2.83. The molecular formula is C17H16NO3S3-. The van der Waals surface area contributed by atoms with Crippen LogP contribution in [0.1, 0.15) is 13.3 Å². The summed E-state index contributed by atoms with van der Waals surface area (Å²) in [7, 11) is -4.20. The number of rotatable bonds is 5. The first-order valence-corrected chi connectivity index (χ1v) is 10.3. The van der Waals surface area contributed by atoms with E-state index >= 15 is 0 Å². The van der Waals surface area contributed by atoms with Crippen LogP contribution < -0.4 is 4.90 Å². The Bertz CT molecular complexity index is 935. The molecule has 0 unspecified atom stereocenters. The zero-order valence-corrected chi connectivity index (χ0v) is 15.5. The minimum absolute atomic E-state index is 0.281. The van der Waals surface area contributed by atoms with E-state index < -0.39 is 10.1 Å². The lowest BCUT2D eigenvalue weighted by molar-refractivity contribution is 0.461. The highest BCUT2D eigenvalue weighted by molar-refractivity contribution is 8.03. The summed E-state index contributed by atoms with van der Waals surface area (Å²) in [6.45, 7) is 2.31. The minimum atomic E-state index is -4.20.